The summed E-state index contributed by atoms with van der Waals surface area (Å²) in [6.07, 6.45) is 4.63. The molecule has 0 aliphatic carbocycles. The van der Waals surface area contributed by atoms with Crippen LogP contribution in [0.25, 0.3) is 0 Å². The second-order valence-corrected chi connectivity index (χ2v) is 8.60. The van der Waals surface area contributed by atoms with Crippen LogP contribution in [-0.2, 0) is 0 Å². The Labute approximate surface area is 69.8 Å². The number of aliphatic hydroxyl groups is 1. The van der Waals surface area contributed by atoms with Crippen molar-refractivity contribution in [2.24, 2.45) is 0 Å². The minimum atomic E-state index is -0.716. The molecule has 11 heavy (non-hydrogen) atoms. The Morgan fingerprint density at radius 1 is 1.27 bits per heavy atom. The number of hydrogen-bond acceptors (Lipinski definition) is 1. The van der Waals surface area contributed by atoms with Crippen LogP contribution in [0.15, 0.2) is 0 Å². The molecule has 0 spiro atoms. The van der Waals surface area contributed by atoms with Gasteiger partial charge >= 0.3 is 0 Å². The first-order valence-electron chi connectivity index (χ1n) is 4.38. The van der Waals surface area contributed by atoms with Crippen molar-refractivity contribution in [3.8, 4) is 0 Å². The predicted octanol–water partition coefficient (Wildman–Crippen LogP) is 2.00. The van der Waals surface area contributed by atoms with E-state index in [2.05, 4.69) is 20.5 Å². The van der Waals surface area contributed by atoms with E-state index in [0.29, 0.717) is 0 Å². The molecule has 0 saturated carbocycles. The highest BCUT2D eigenvalue weighted by Gasteiger charge is 2.21. The van der Waals surface area contributed by atoms with Gasteiger partial charge in [-0.15, -0.1) is 6.89 Å². The Morgan fingerprint density at radius 2 is 1.73 bits per heavy atom. The molecule has 1 nitrogen and oxygen atoms in total. The lowest BCUT2D eigenvalue weighted by Crippen LogP contribution is -2.19. The van der Waals surface area contributed by atoms with Gasteiger partial charge in [0, 0.05) is 0 Å². The molecule has 0 aromatic heterocycles. The molecular formula is C9H19OP. The first-order valence-corrected chi connectivity index (χ1v) is 6.98. The van der Waals surface area contributed by atoms with Gasteiger partial charge in [0.2, 0.25) is 0 Å². The van der Waals surface area contributed by atoms with E-state index in [1.807, 2.05) is 0 Å². The van der Waals surface area contributed by atoms with Gasteiger partial charge in [-0.05, 0) is 45.7 Å². The third-order valence-corrected chi connectivity index (χ3v) is 7.64. The summed E-state index contributed by atoms with van der Waals surface area (Å²) in [5.41, 5.74) is 0. The van der Waals surface area contributed by atoms with Crippen LogP contribution in [0.5, 0.6) is 0 Å². The Balaban J connectivity index is 2.71. The Kier molecular flexibility index (Phi) is 2.83. The Hall–Kier alpha value is 0.260. The summed E-state index contributed by atoms with van der Waals surface area (Å²) in [4.78, 5) is 0. The van der Waals surface area contributed by atoms with E-state index in [0.717, 1.165) is 12.8 Å². The molecule has 0 aromatic rings. The van der Waals surface area contributed by atoms with Crippen molar-refractivity contribution in [1.82, 2.24) is 0 Å². The van der Waals surface area contributed by atoms with E-state index in [1.165, 1.54) is 12.3 Å². The molecule has 66 valence electrons. The summed E-state index contributed by atoms with van der Waals surface area (Å²) in [6.45, 7) is 6.22. The number of aliphatic hydroxyl groups excluding tert-OH is 1. The second-order valence-electron chi connectivity index (χ2n) is 4.02. The van der Waals surface area contributed by atoms with Gasteiger partial charge in [-0.25, -0.2) is 0 Å². The Morgan fingerprint density at radius 3 is 2.09 bits per heavy atom. The lowest BCUT2D eigenvalue weighted by Gasteiger charge is -2.31. The molecule has 0 radical (unpaired) electrons. The Bertz CT molecular complexity index is 180. The molecule has 1 saturated heterocycles. The molecule has 0 amide bonds. The maximum Gasteiger partial charge on any atom is 0.0547 e. The monoisotopic (exact) mass is 174 g/mol. The first-order chi connectivity index (χ1) is 5.04. The van der Waals surface area contributed by atoms with Gasteiger partial charge in [0.25, 0.3) is 0 Å². The fourth-order valence-corrected chi connectivity index (χ4v) is 4.43. The van der Waals surface area contributed by atoms with Crippen molar-refractivity contribution in [3.63, 3.8) is 0 Å². The zero-order chi connectivity index (χ0) is 8.48. The second kappa shape index (κ2) is 3.33. The van der Waals surface area contributed by atoms with E-state index in [9.17, 15) is 5.11 Å². The number of rotatable bonds is 0. The van der Waals surface area contributed by atoms with Crippen LogP contribution in [0.4, 0.5) is 0 Å². The average molecular weight is 174 g/mol. The minimum absolute atomic E-state index is 0.00225. The van der Waals surface area contributed by atoms with Gasteiger partial charge < -0.3 is 5.11 Å². The maximum absolute atomic E-state index is 9.33. The largest absolute Gasteiger partial charge is 0.393 e. The standard InChI is InChI=1S/C9H19OP/c1-8(2)11(3)6-4-9(10)5-7-11/h9-10H,4-7H2,1-3H3. The van der Waals surface area contributed by atoms with Gasteiger partial charge in [0.15, 0.2) is 0 Å². The summed E-state index contributed by atoms with van der Waals surface area (Å²) in [5.74, 6) is 0. The predicted molar refractivity (Wildman–Crippen MR) is 54.2 cm³/mol. The smallest absolute Gasteiger partial charge is 0.0547 e. The SMILES string of the molecule is CC(C)=P1(C)CCC(O)CC1. The van der Waals surface area contributed by atoms with Gasteiger partial charge in [0.1, 0.15) is 0 Å². The van der Waals surface area contributed by atoms with E-state index in [-0.39, 0.29) is 6.10 Å². The summed E-state index contributed by atoms with van der Waals surface area (Å²) in [5, 5.41) is 11.0. The quantitative estimate of drug-likeness (QED) is 0.557. The van der Waals surface area contributed by atoms with E-state index >= 15 is 0 Å². The van der Waals surface area contributed by atoms with E-state index in [4.69, 9.17) is 0 Å². The molecular weight excluding hydrogens is 155 g/mol. The average Bonchev–Trinajstić information content (AvgIpc) is 1.95. The third-order valence-electron chi connectivity index (χ3n) is 2.99. The van der Waals surface area contributed by atoms with Crippen molar-refractivity contribution >= 4 is 12.2 Å². The van der Waals surface area contributed by atoms with Gasteiger partial charge in [-0.3, -0.25) is 0 Å². The van der Waals surface area contributed by atoms with Crippen LogP contribution in [-0.4, -0.2) is 35.5 Å². The van der Waals surface area contributed by atoms with Crippen LogP contribution in [0.3, 0.4) is 0 Å². The summed E-state index contributed by atoms with van der Waals surface area (Å²) in [7, 11) is 0. The van der Waals surface area contributed by atoms with Crippen LogP contribution >= 0.6 is 6.89 Å². The normalized spacial score (nSPS) is 38.7. The molecule has 0 unspecified atom stereocenters. The van der Waals surface area contributed by atoms with Crippen molar-refractivity contribution in [3.05, 3.63) is 0 Å². The van der Waals surface area contributed by atoms with Crippen LogP contribution in [0.2, 0.25) is 0 Å². The van der Waals surface area contributed by atoms with Crippen molar-refractivity contribution in [2.45, 2.75) is 32.8 Å². The topological polar surface area (TPSA) is 20.2 Å². The van der Waals surface area contributed by atoms with E-state index < -0.39 is 6.89 Å². The fraction of sp³-hybridized carbons (Fsp3) is 0.889. The van der Waals surface area contributed by atoms with Gasteiger partial charge in [-0.2, -0.15) is 0 Å². The minimum Gasteiger partial charge on any atom is -0.393 e. The maximum atomic E-state index is 9.33. The van der Waals surface area contributed by atoms with Crippen LogP contribution in [0.1, 0.15) is 26.7 Å². The highest BCUT2D eigenvalue weighted by atomic mass is 31.2. The van der Waals surface area contributed by atoms with Crippen molar-refractivity contribution < 1.29 is 5.11 Å². The highest BCUT2D eigenvalue weighted by Crippen LogP contribution is 2.49. The molecule has 2 heteroatoms. The molecule has 1 fully saturated rings. The molecule has 1 N–H and O–H groups in total. The first kappa shape index (κ1) is 9.35. The zero-order valence-corrected chi connectivity index (χ0v) is 8.69. The van der Waals surface area contributed by atoms with Gasteiger partial charge in [0.05, 0.1) is 6.10 Å². The molecule has 1 rings (SSSR count). The summed E-state index contributed by atoms with van der Waals surface area (Å²) in [6, 6.07) is 0. The van der Waals surface area contributed by atoms with E-state index in [1.54, 1.807) is 5.29 Å². The van der Waals surface area contributed by atoms with Gasteiger partial charge in [-0.1, -0.05) is 5.29 Å². The number of hydrogen-bond donors (Lipinski definition) is 1. The molecule has 1 heterocycles. The summed E-state index contributed by atoms with van der Waals surface area (Å²) < 4.78 is 0. The van der Waals surface area contributed by atoms with Crippen molar-refractivity contribution in [2.75, 3.05) is 19.0 Å². The third kappa shape index (κ3) is 2.10. The lowest BCUT2D eigenvalue weighted by atomic mass is 10.2. The zero-order valence-electron chi connectivity index (χ0n) is 7.80. The fourth-order valence-electron chi connectivity index (χ4n) is 1.57. The molecule has 0 aromatic carbocycles. The van der Waals surface area contributed by atoms with Crippen molar-refractivity contribution in [1.29, 1.82) is 0 Å². The van der Waals surface area contributed by atoms with Crippen LogP contribution in [0, 0.1) is 0 Å². The van der Waals surface area contributed by atoms with Crippen LogP contribution < -0.4 is 0 Å². The molecule has 0 atom stereocenters. The molecule has 1 aliphatic heterocycles. The lowest BCUT2D eigenvalue weighted by molar-refractivity contribution is 0.164. The highest BCUT2D eigenvalue weighted by molar-refractivity contribution is 7.75. The molecule has 1 aliphatic rings. The summed E-state index contributed by atoms with van der Waals surface area (Å²) >= 11 is 0. The molecule has 0 bridgehead atoms.